The SMILES string of the molecule is CC(C)Nc1cnccc1-c1ccccc1Cl. The van der Waals surface area contributed by atoms with Crippen molar-refractivity contribution in [1.82, 2.24) is 4.98 Å². The van der Waals surface area contributed by atoms with E-state index in [0.717, 1.165) is 21.8 Å². The third-order valence-corrected chi connectivity index (χ3v) is 2.76. The lowest BCUT2D eigenvalue weighted by atomic mass is 10.1. The molecule has 0 spiro atoms. The van der Waals surface area contributed by atoms with Crippen LogP contribution in [0.4, 0.5) is 5.69 Å². The number of hydrogen-bond donors (Lipinski definition) is 1. The van der Waals surface area contributed by atoms with Gasteiger partial charge in [0, 0.05) is 28.4 Å². The van der Waals surface area contributed by atoms with E-state index >= 15 is 0 Å². The standard InChI is InChI=1S/C14H15ClN2/c1-10(2)17-14-9-16-8-7-12(14)11-5-3-4-6-13(11)15/h3-10,17H,1-2H3. The molecule has 1 aromatic carbocycles. The first kappa shape index (κ1) is 11.9. The average Bonchev–Trinajstić information content (AvgIpc) is 2.30. The Bertz CT molecular complexity index is 509. The molecule has 0 aliphatic rings. The fourth-order valence-corrected chi connectivity index (χ4v) is 1.97. The van der Waals surface area contributed by atoms with Crippen molar-refractivity contribution in [3.63, 3.8) is 0 Å². The first-order valence-corrected chi connectivity index (χ1v) is 6.01. The highest BCUT2D eigenvalue weighted by Crippen LogP contribution is 2.32. The quantitative estimate of drug-likeness (QED) is 0.877. The van der Waals surface area contributed by atoms with Crippen LogP contribution in [-0.4, -0.2) is 11.0 Å². The Hall–Kier alpha value is -1.54. The summed E-state index contributed by atoms with van der Waals surface area (Å²) < 4.78 is 0. The number of halogens is 1. The highest BCUT2D eigenvalue weighted by Gasteiger charge is 2.08. The molecule has 0 aliphatic carbocycles. The molecule has 1 heterocycles. The minimum atomic E-state index is 0.362. The molecule has 88 valence electrons. The summed E-state index contributed by atoms with van der Waals surface area (Å²) in [6.07, 6.45) is 3.61. The monoisotopic (exact) mass is 246 g/mol. The summed E-state index contributed by atoms with van der Waals surface area (Å²) in [5.41, 5.74) is 3.12. The van der Waals surface area contributed by atoms with Gasteiger partial charge in [-0.3, -0.25) is 4.98 Å². The van der Waals surface area contributed by atoms with Gasteiger partial charge in [-0.05, 0) is 26.0 Å². The van der Waals surface area contributed by atoms with E-state index in [-0.39, 0.29) is 0 Å². The number of rotatable bonds is 3. The molecule has 0 saturated heterocycles. The first-order chi connectivity index (χ1) is 8.18. The van der Waals surface area contributed by atoms with Crippen molar-refractivity contribution in [2.24, 2.45) is 0 Å². The minimum Gasteiger partial charge on any atom is -0.381 e. The largest absolute Gasteiger partial charge is 0.381 e. The Balaban J connectivity index is 2.48. The van der Waals surface area contributed by atoms with Crippen molar-refractivity contribution in [2.75, 3.05) is 5.32 Å². The van der Waals surface area contributed by atoms with Gasteiger partial charge in [0.1, 0.15) is 0 Å². The van der Waals surface area contributed by atoms with E-state index in [1.807, 2.05) is 36.5 Å². The lowest BCUT2D eigenvalue weighted by Crippen LogP contribution is -2.10. The van der Waals surface area contributed by atoms with Crippen molar-refractivity contribution < 1.29 is 0 Å². The van der Waals surface area contributed by atoms with Crippen LogP contribution in [-0.2, 0) is 0 Å². The second-order valence-electron chi connectivity index (χ2n) is 4.20. The maximum absolute atomic E-state index is 6.22. The van der Waals surface area contributed by atoms with E-state index in [0.29, 0.717) is 6.04 Å². The first-order valence-electron chi connectivity index (χ1n) is 5.64. The molecule has 0 saturated carbocycles. The molecule has 2 nitrogen and oxygen atoms in total. The molecular weight excluding hydrogens is 232 g/mol. The molecule has 0 aliphatic heterocycles. The summed E-state index contributed by atoms with van der Waals surface area (Å²) in [4.78, 5) is 4.15. The second kappa shape index (κ2) is 5.19. The normalized spacial score (nSPS) is 10.6. The van der Waals surface area contributed by atoms with Crippen LogP contribution in [0.5, 0.6) is 0 Å². The summed E-state index contributed by atoms with van der Waals surface area (Å²) in [5.74, 6) is 0. The highest BCUT2D eigenvalue weighted by atomic mass is 35.5. The fourth-order valence-electron chi connectivity index (χ4n) is 1.73. The average molecular weight is 247 g/mol. The van der Waals surface area contributed by atoms with Crippen LogP contribution in [0.2, 0.25) is 5.02 Å². The molecule has 0 amide bonds. The molecule has 17 heavy (non-hydrogen) atoms. The van der Waals surface area contributed by atoms with Crippen LogP contribution >= 0.6 is 11.6 Å². The van der Waals surface area contributed by atoms with E-state index in [2.05, 4.69) is 24.1 Å². The van der Waals surface area contributed by atoms with Crippen molar-refractivity contribution in [1.29, 1.82) is 0 Å². The van der Waals surface area contributed by atoms with Gasteiger partial charge >= 0.3 is 0 Å². The fraction of sp³-hybridized carbons (Fsp3) is 0.214. The molecule has 2 aromatic rings. The van der Waals surface area contributed by atoms with Gasteiger partial charge in [-0.15, -0.1) is 0 Å². The molecule has 0 bridgehead atoms. The molecule has 2 rings (SSSR count). The number of aromatic nitrogens is 1. The van der Waals surface area contributed by atoms with E-state index in [4.69, 9.17) is 11.6 Å². The van der Waals surface area contributed by atoms with E-state index in [1.54, 1.807) is 6.20 Å². The van der Waals surface area contributed by atoms with Crippen molar-refractivity contribution in [2.45, 2.75) is 19.9 Å². The predicted octanol–water partition coefficient (Wildman–Crippen LogP) is 4.22. The second-order valence-corrected chi connectivity index (χ2v) is 4.61. The Morgan fingerprint density at radius 1 is 1.12 bits per heavy atom. The van der Waals surface area contributed by atoms with Crippen LogP contribution in [0.1, 0.15) is 13.8 Å². The maximum atomic E-state index is 6.22. The summed E-state index contributed by atoms with van der Waals surface area (Å²) in [6.45, 7) is 4.20. The zero-order valence-electron chi connectivity index (χ0n) is 9.94. The van der Waals surface area contributed by atoms with Crippen molar-refractivity contribution >= 4 is 17.3 Å². The van der Waals surface area contributed by atoms with Gasteiger partial charge in [0.2, 0.25) is 0 Å². The highest BCUT2D eigenvalue weighted by molar-refractivity contribution is 6.33. The zero-order valence-corrected chi connectivity index (χ0v) is 10.7. The number of nitrogens with one attached hydrogen (secondary N) is 1. The van der Waals surface area contributed by atoms with Gasteiger partial charge in [0.25, 0.3) is 0 Å². The number of hydrogen-bond acceptors (Lipinski definition) is 2. The number of anilines is 1. The summed E-state index contributed by atoms with van der Waals surface area (Å²) >= 11 is 6.22. The van der Waals surface area contributed by atoms with Crippen LogP contribution < -0.4 is 5.32 Å². The molecular formula is C14H15ClN2. The summed E-state index contributed by atoms with van der Waals surface area (Å²) in [6, 6.07) is 10.2. The maximum Gasteiger partial charge on any atom is 0.0608 e. The van der Waals surface area contributed by atoms with E-state index in [9.17, 15) is 0 Å². The number of pyridine rings is 1. The van der Waals surface area contributed by atoms with Crippen LogP contribution in [0.15, 0.2) is 42.7 Å². The molecule has 1 N–H and O–H groups in total. The minimum absolute atomic E-state index is 0.362. The molecule has 1 aromatic heterocycles. The Morgan fingerprint density at radius 2 is 1.88 bits per heavy atom. The predicted molar refractivity (Wildman–Crippen MR) is 73.4 cm³/mol. The zero-order chi connectivity index (χ0) is 12.3. The molecule has 0 radical (unpaired) electrons. The van der Waals surface area contributed by atoms with E-state index < -0.39 is 0 Å². The number of benzene rings is 1. The van der Waals surface area contributed by atoms with Crippen molar-refractivity contribution in [3.05, 3.63) is 47.7 Å². The Morgan fingerprint density at radius 3 is 2.59 bits per heavy atom. The summed E-state index contributed by atoms with van der Waals surface area (Å²) in [5, 5.41) is 4.13. The third-order valence-electron chi connectivity index (χ3n) is 2.43. The topological polar surface area (TPSA) is 24.9 Å². The van der Waals surface area contributed by atoms with Gasteiger partial charge < -0.3 is 5.32 Å². The molecule has 0 unspecified atom stereocenters. The lowest BCUT2D eigenvalue weighted by Gasteiger charge is -2.14. The van der Waals surface area contributed by atoms with Gasteiger partial charge in [-0.2, -0.15) is 0 Å². The van der Waals surface area contributed by atoms with Gasteiger partial charge in [0.05, 0.1) is 11.9 Å². The molecule has 3 heteroatoms. The Kier molecular flexibility index (Phi) is 3.64. The van der Waals surface area contributed by atoms with Gasteiger partial charge in [-0.1, -0.05) is 29.8 Å². The lowest BCUT2D eigenvalue weighted by molar-refractivity contribution is 0.898. The van der Waals surface area contributed by atoms with Crippen LogP contribution in [0.3, 0.4) is 0 Å². The Labute approximate surface area is 107 Å². The van der Waals surface area contributed by atoms with Gasteiger partial charge in [-0.25, -0.2) is 0 Å². The molecule has 0 atom stereocenters. The van der Waals surface area contributed by atoms with Crippen LogP contribution in [0, 0.1) is 0 Å². The van der Waals surface area contributed by atoms with Crippen molar-refractivity contribution in [3.8, 4) is 11.1 Å². The smallest absolute Gasteiger partial charge is 0.0608 e. The van der Waals surface area contributed by atoms with E-state index in [1.165, 1.54) is 0 Å². The number of nitrogens with zero attached hydrogens (tertiary/aromatic N) is 1. The molecule has 0 fully saturated rings. The third kappa shape index (κ3) is 2.77. The van der Waals surface area contributed by atoms with Gasteiger partial charge in [0.15, 0.2) is 0 Å². The van der Waals surface area contributed by atoms with Crippen LogP contribution in [0.25, 0.3) is 11.1 Å². The summed E-state index contributed by atoms with van der Waals surface area (Å²) in [7, 11) is 0.